The molecule has 5 heteroatoms. The summed E-state index contributed by atoms with van der Waals surface area (Å²) >= 11 is 0. The molecule has 0 aliphatic heterocycles. The van der Waals surface area contributed by atoms with E-state index in [4.69, 9.17) is 9.84 Å². The number of rotatable bonds is 4. The molecule has 1 fully saturated rings. The predicted octanol–water partition coefficient (Wildman–Crippen LogP) is 1.76. The fourth-order valence-corrected chi connectivity index (χ4v) is 1.48. The lowest BCUT2D eigenvalue weighted by molar-refractivity contribution is -0.137. The first-order valence-corrected chi connectivity index (χ1v) is 5.49. The molecule has 0 saturated heterocycles. The highest BCUT2D eigenvalue weighted by molar-refractivity contribution is 5.71. The van der Waals surface area contributed by atoms with Crippen molar-refractivity contribution in [3.05, 3.63) is 0 Å². The number of hydrogen-bond donors (Lipinski definition) is 2. The first kappa shape index (κ1) is 12.8. The summed E-state index contributed by atoms with van der Waals surface area (Å²) in [5.74, 6) is -0.600. The van der Waals surface area contributed by atoms with Crippen LogP contribution < -0.4 is 5.32 Å². The molecule has 0 aromatic carbocycles. The van der Waals surface area contributed by atoms with E-state index in [-0.39, 0.29) is 12.5 Å². The summed E-state index contributed by atoms with van der Waals surface area (Å²) in [4.78, 5) is 22.1. The lowest BCUT2D eigenvalue weighted by Crippen LogP contribution is -2.41. The molecule has 0 radical (unpaired) electrons. The molecule has 1 aliphatic carbocycles. The van der Waals surface area contributed by atoms with Gasteiger partial charge < -0.3 is 15.2 Å². The topological polar surface area (TPSA) is 75.6 Å². The maximum absolute atomic E-state index is 11.5. The van der Waals surface area contributed by atoms with Gasteiger partial charge in [-0.1, -0.05) is 0 Å². The molecule has 1 saturated carbocycles. The maximum Gasteiger partial charge on any atom is 0.407 e. The molecular formula is C11H19NO4. The molecule has 1 amide bonds. The van der Waals surface area contributed by atoms with Crippen LogP contribution in [0.15, 0.2) is 0 Å². The predicted molar refractivity (Wildman–Crippen MR) is 58.1 cm³/mol. The Kier molecular flexibility index (Phi) is 3.78. The number of carboxylic acids is 1. The second-order valence-electron chi connectivity index (χ2n) is 5.19. The molecule has 0 bridgehead atoms. The lowest BCUT2D eigenvalue weighted by atomic mass is 10.1. The van der Waals surface area contributed by atoms with E-state index in [2.05, 4.69) is 5.32 Å². The zero-order valence-electron chi connectivity index (χ0n) is 9.95. The average molecular weight is 229 g/mol. The zero-order chi connectivity index (χ0) is 12.3. The summed E-state index contributed by atoms with van der Waals surface area (Å²) < 4.78 is 5.08. The van der Waals surface area contributed by atoms with Crippen LogP contribution in [0.3, 0.4) is 0 Å². The zero-order valence-corrected chi connectivity index (χ0v) is 9.95. The lowest BCUT2D eigenvalue weighted by Gasteiger charge is -2.22. The standard InChI is InChI=1S/C11H19NO4/c1-11(2,3)16-10(15)12-8(6-9(13)14)7-4-5-7/h7-8H,4-6H2,1-3H3,(H,12,15)(H,13,14)/t8-/m1/s1. The molecule has 5 nitrogen and oxygen atoms in total. The highest BCUT2D eigenvalue weighted by Gasteiger charge is 2.34. The van der Waals surface area contributed by atoms with Crippen molar-refractivity contribution in [3.63, 3.8) is 0 Å². The van der Waals surface area contributed by atoms with Gasteiger partial charge in [0.2, 0.25) is 0 Å². The van der Waals surface area contributed by atoms with Gasteiger partial charge in [0.15, 0.2) is 0 Å². The Labute approximate surface area is 95.2 Å². The Bertz CT molecular complexity index is 278. The molecule has 92 valence electrons. The molecule has 0 unspecified atom stereocenters. The minimum atomic E-state index is -0.895. The van der Waals surface area contributed by atoms with E-state index in [1.807, 2.05) is 0 Å². The van der Waals surface area contributed by atoms with Crippen LogP contribution in [0.2, 0.25) is 0 Å². The highest BCUT2D eigenvalue weighted by atomic mass is 16.6. The average Bonchev–Trinajstić information content (AvgIpc) is 2.78. The normalized spacial score (nSPS) is 17.7. The number of nitrogens with one attached hydrogen (secondary N) is 1. The molecule has 1 aliphatic rings. The van der Waals surface area contributed by atoms with Crippen molar-refractivity contribution in [2.75, 3.05) is 0 Å². The van der Waals surface area contributed by atoms with Crippen molar-refractivity contribution >= 4 is 12.1 Å². The van der Waals surface area contributed by atoms with Gasteiger partial charge in [0.25, 0.3) is 0 Å². The van der Waals surface area contributed by atoms with Gasteiger partial charge in [-0.2, -0.15) is 0 Å². The fraction of sp³-hybridized carbons (Fsp3) is 0.818. The van der Waals surface area contributed by atoms with E-state index >= 15 is 0 Å². The molecule has 2 N–H and O–H groups in total. The third-order valence-corrected chi connectivity index (χ3v) is 2.29. The molecule has 0 spiro atoms. The number of ether oxygens (including phenoxy) is 1. The van der Waals surface area contributed by atoms with Crippen LogP contribution >= 0.6 is 0 Å². The van der Waals surface area contributed by atoms with Gasteiger partial charge in [0, 0.05) is 6.04 Å². The Morgan fingerprint density at radius 2 is 2.00 bits per heavy atom. The molecular weight excluding hydrogens is 210 g/mol. The van der Waals surface area contributed by atoms with Gasteiger partial charge in [-0.05, 0) is 39.5 Å². The monoisotopic (exact) mass is 229 g/mol. The summed E-state index contributed by atoms with van der Waals surface area (Å²) in [6.07, 6.45) is 1.39. The molecule has 1 atom stereocenters. The number of carbonyl (C=O) groups excluding carboxylic acids is 1. The van der Waals surface area contributed by atoms with E-state index in [0.717, 1.165) is 12.8 Å². The Morgan fingerprint density at radius 3 is 2.38 bits per heavy atom. The van der Waals surface area contributed by atoms with E-state index in [9.17, 15) is 9.59 Å². The number of carbonyl (C=O) groups is 2. The number of aliphatic carboxylic acids is 1. The van der Waals surface area contributed by atoms with Crippen molar-refractivity contribution in [2.45, 2.75) is 51.7 Å². The van der Waals surface area contributed by atoms with E-state index in [1.54, 1.807) is 20.8 Å². The minimum absolute atomic E-state index is 0.0378. The SMILES string of the molecule is CC(C)(C)OC(=O)N[C@H](CC(=O)O)C1CC1. The highest BCUT2D eigenvalue weighted by Crippen LogP contribution is 2.34. The van der Waals surface area contributed by atoms with Crippen molar-refractivity contribution in [1.29, 1.82) is 0 Å². The van der Waals surface area contributed by atoms with Gasteiger partial charge in [-0.15, -0.1) is 0 Å². The van der Waals surface area contributed by atoms with Crippen LogP contribution in [0.5, 0.6) is 0 Å². The third kappa shape index (κ3) is 5.00. The fourth-order valence-electron chi connectivity index (χ4n) is 1.48. The van der Waals surface area contributed by atoms with Gasteiger partial charge in [0.05, 0.1) is 6.42 Å². The van der Waals surface area contributed by atoms with E-state index in [0.29, 0.717) is 5.92 Å². The maximum atomic E-state index is 11.5. The number of alkyl carbamates (subject to hydrolysis) is 1. The van der Waals surface area contributed by atoms with E-state index in [1.165, 1.54) is 0 Å². The first-order chi connectivity index (χ1) is 7.28. The van der Waals surface area contributed by atoms with Crippen molar-refractivity contribution < 1.29 is 19.4 Å². The summed E-state index contributed by atoms with van der Waals surface area (Å²) in [6.45, 7) is 5.32. The summed E-state index contributed by atoms with van der Waals surface area (Å²) in [7, 11) is 0. The quantitative estimate of drug-likeness (QED) is 0.770. The Morgan fingerprint density at radius 1 is 1.44 bits per heavy atom. The van der Waals surface area contributed by atoms with Gasteiger partial charge >= 0.3 is 12.1 Å². The third-order valence-electron chi connectivity index (χ3n) is 2.29. The second kappa shape index (κ2) is 4.72. The van der Waals surface area contributed by atoms with Crippen molar-refractivity contribution in [2.24, 2.45) is 5.92 Å². The number of carboxylic acid groups (broad SMARTS) is 1. The van der Waals surface area contributed by atoms with E-state index < -0.39 is 17.7 Å². The Balaban J connectivity index is 2.42. The molecule has 0 aromatic rings. The Hall–Kier alpha value is -1.26. The number of hydrogen-bond acceptors (Lipinski definition) is 3. The van der Waals surface area contributed by atoms with Crippen molar-refractivity contribution in [3.8, 4) is 0 Å². The summed E-state index contributed by atoms with van der Waals surface area (Å²) in [5, 5.41) is 11.3. The smallest absolute Gasteiger partial charge is 0.407 e. The summed E-state index contributed by atoms with van der Waals surface area (Å²) in [6, 6.07) is -0.299. The van der Waals surface area contributed by atoms with Crippen LogP contribution in [0.25, 0.3) is 0 Å². The van der Waals surface area contributed by atoms with Crippen LogP contribution in [0.4, 0.5) is 4.79 Å². The van der Waals surface area contributed by atoms with Crippen LogP contribution in [-0.2, 0) is 9.53 Å². The summed E-state index contributed by atoms with van der Waals surface area (Å²) in [5.41, 5.74) is -0.554. The molecule has 1 rings (SSSR count). The minimum Gasteiger partial charge on any atom is -0.481 e. The van der Waals surface area contributed by atoms with Crippen LogP contribution in [0, 0.1) is 5.92 Å². The van der Waals surface area contributed by atoms with Crippen LogP contribution in [-0.4, -0.2) is 28.8 Å². The van der Waals surface area contributed by atoms with Gasteiger partial charge in [0.1, 0.15) is 5.60 Å². The molecule has 0 heterocycles. The second-order valence-corrected chi connectivity index (χ2v) is 5.19. The van der Waals surface area contributed by atoms with Crippen molar-refractivity contribution in [1.82, 2.24) is 5.32 Å². The van der Waals surface area contributed by atoms with Crippen LogP contribution in [0.1, 0.15) is 40.0 Å². The number of amides is 1. The van der Waals surface area contributed by atoms with Gasteiger partial charge in [-0.3, -0.25) is 4.79 Å². The largest absolute Gasteiger partial charge is 0.481 e. The molecule has 0 aromatic heterocycles. The molecule has 16 heavy (non-hydrogen) atoms. The van der Waals surface area contributed by atoms with Gasteiger partial charge in [-0.25, -0.2) is 4.79 Å². The first-order valence-electron chi connectivity index (χ1n) is 5.49.